The van der Waals surface area contributed by atoms with Crippen LogP contribution in [0.4, 0.5) is 15.0 Å². The maximum absolute atomic E-state index is 15.5. The molecule has 1 atom stereocenters. The van der Waals surface area contributed by atoms with E-state index < -0.39 is 23.4 Å². The lowest BCUT2D eigenvalue weighted by Crippen LogP contribution is -2.21. The van der Waals surface area contributed by atoms with Gasteiger partial charge in [0.2, 0.25) is 0 Å². The molecule has 7 nitrogen and oxygen atoms in total. The highest BCUT2D eigenvalue weighted by Gasteiger charge is 2.52. The van der Waals surface area contributed by atoms with Crippen molar-refractivity contribution in [2.45, 2.75) is 31.3 Å². The van der Waals surface area contributed by atoms with Gasteiger partial charge in [-0.15, -0.1) is 0 Å². The van der Waals surface area contributed by atoms with Crippen LogP contribution in [0.2, 0.25) is 10.0 Å². The minimum Gasteiger partial charge on any atom is -0.468 e. The Hall–Kier alpha value is -3.88. The molecule has 0 radical (unpaired) electrons. The fourth-order valence-corrected chi connectivity index (χ4v) is 5.37. The lowest BCUT2D eigenvalue weighted by molar-refractivity contribution is -0.143. The number of nitrogens with zero attached hydrogens (tertiary/aromatic N) is 2. The van der Waals surface area contributed by atoms with Crippen molar-refractivity contribution in [3.05, 3.63) is 93.8 Å². The zero-order valence-corrected chi connectivity index (χ0v) is 23.5. The third-order valence-electron chi connectivity index (χ3n) is 7.21. The molecule has 1 aliphatic rings. The van der Waals surface area contributed by atoms with E-state index >= 15 is 4.39 Å². The van der Waals surface area contributed by atoms with E-state index in [0.717, 1.165) is 18.4 Å². The standard InChI is InChI=1S/C30H26Cl2FN3O4/c1-17(20-6-4-5-7-24(20)31)40-29(38)35-27-23(16-34-36(27)2)22-14-25(32)21(15-26(22)33)18-8-10-19(11-9-18)30(12-13-30)28(37)39-3/h4-11,14-17H,12-13H2,1-3H3,(H,35,38)/t17-/m1/s1. The minimum absolute atomic E-state index is 0.163. The molecule has 1 N–H and O–H groups in total. The summed E-state index contributed by atoms with van der Waals surface area (Å²) >= 11 is 12.8. The van der Waals surface area contributed by atoms with Crippen molar-refractivity contribution in [2.24, 2.45) is 7.05 Å². The first-order valence-electron chi connectivity index (χ1n) is 12.6. The van der Waals surface area contributed by atoms with Crippen molar-refractivity contribution in [1.82, 2.24) is 9.78 Å². The molecular weight excluding hydrogens is 556 g/mol. The molecule has 1 aromatic heterocycles. The highest BCUT2D eigenvalue weighted by Crippen LogP contribution is 2.49. The number of hydrogen-bond acceptors (Lipinski definition) is 5. The van der Waals surface area contributed by atoms with Gasteiger partial charge in [-0.1, -0.05) is 65.7 Å². The number of esters is 1. The second-order valence-corrected chi connectivity index (χ2v) is 10.5. The Bertz CT molecular complexity index is 1600. The summed E-state index contributed by atoms with van der Waals surface area (Å²) in [6.45, 7) is 1.70. The summed E-state index contributed by atoms with van der Waals surface area (Å²) in [6.07, 6.45) is 1.54. The molecule has 0 bridgehead atoms. The number of rotatable bonds is 7. The van der Waals surface area contributed by atoms with E-state index in [1.165, 1.54) is 30.1 Å². The Labute approximate surface area is 240 Å². The van der Waals surface area contributed by atoms with Crippen LogP contribution in [-0.2, 0) is 26.7 Å². The average molecular weight is 582 g/mol. The normalized spacial score (nSPS) is 14.3. The van der Waals surface area contributed by atoms with Crippen LogP contribution in [0.1, 0.15) is 37.0 Å². The lowest BCUT2D eigenvalue weighted by Gasteiger charge is -2.16. The Morgan fingerprint density at radius 2 is 1.73 bits per heavy atom. The molecule has 40 heavy (non-hydrogen) atoms. The number of amides is 1. The van der Waals surface area contributed by atoms with E-state index in [1.807, 2.05) is 24.3 Å². The van der Waals surface area contributed by atoms with Crippen LogP contribution in [0.5, 0.6) is 0 Å². The molecule has 5 rings (SSSR count). The molecule has 4 aromatic rings. The van der Waals surface area contributed by atoms with Gasteiger partial charge in [-0.05, 0) is 49.1 Å². The number of methoxy groups -OCH3 is 1. The van der Waals surface area contributed by atoms with Crippen molar-refractivity contribution < 1.29 is 23.5 Å². The number of ether oxygens (including phenoxy) is 2. The summed E-state index contributed by atoms with van der Waals surface area (Å²) in [6, 6.07) is 17.2. The van der Waals surface area contributed by atoms with E-state index in [2.05, 4.69) is 10.4 Å². The number of nitrogens with one attached hydrogen (secondary N) is 1. The molecule has 0 saturated heterocycles. The molecule has 0 aliphatic heterocycles. The number of hydrogen-bond donors (Lipinski definition) is 1. The van der Waals surface area contributed by atoms with Crippen molar-refractivity contribution in [1.29, 1.82) is 0 Å². The van der Waals surface area contributed by atoms with Gasteiger partial charge in [0, 0.05) is 39.3 Å². The molecular formula is C30H26Cl2FN3O4. The van der Waals surface area contributed by atoms with E-state index in [4.69, 9.17) is 32.7 Å². The number of carbonyl (C=O) groups is 2. The van der Waals surface area contributed by atoms with E-state index in [-0.39, 0.29) is 17.4 Å². The van der Waals surface area contributed by atoms with Crippen LogP contribution >= 0.6 is 23.2 Å². The first kappa shape index (κ1) is 27.7. The van der Waals surface area contributed by atoms with Gasteiger partial charge < -0.3 is 9.47 Å². The highest BCUT2D eigenvalue weighted by atomic mass is 35.5. The molecule has 1 aliphatic carbocycles. The quantitative estimate of drug-likeness (QED) is 0.226. The predicted molar refractivity (Wildman–Crippen MR) is 152 cm³/mol. The molecule has 1 saturated carbocycles. The molecule has 1 amide bonds. The minimum atomic E-state index is -0.749. The fraction of sp³-hybridized carbons (Fsp3) is 0.233. The summed E-state index contributed by atoms with van der Waals surface area (Å²) in [5.74, 6) is -0.566. The van der Waals surface area contributed by atoms with Crippen LogP contribution in [0.25, 0.3) is 22.3 Å². The van der Waals surface area contributed by atoms with E-state index in [9.17, 15) is 9.59 Å². The molecule has 0 spiro atoms. The van der Waals surface area contributed by atoms with Crippen molar-refractivity contribution in [3.8, 4) is 22.3 Å². The zero-order valence-electron chi connectivity index (χ0n) is 22.0. The second-order valence-electron chi connectivity index (χ2n) is 9.69. The van der Waals surface area contributed by atoms with Crippen LogP contribution in [0.15, 0.2) is 66.9 Å². The Morgan fingerprint density at radius 3 is 2.38 bits per heavy atom. The number of aryl methyl sites for hydroxylation is 1. The van der Waals surface area contributed by atoms with E-state index in [1.54, 1.807) is 38.2 Å². The third kappa shape index (κ3) is 5.17. The lowest BCUT2D eigenvalue weighted by atomic mass is 9.93. The Kier molecular flexibility index (Phi) is 7.57. The Morgan fingerprint density at radius 1 is 1.02 bits per heavy atom. The number of anilines is 1. The number of carbonyl (C=O) groups excluding carboxylic acids is 2. The monoisotopic (exact) mass is 581 g/mol. The first-order valence-corrected chi connectivity index (χ1v) is 13.3. The maximum atomic E-state index is 15.5. The second kappa shape index (κ2) is 10.9. The maximum Gasteiger partial charge on any atom is 0.413 e. The van der Waals surface area contributed by atoms with Crippen LogP contribution in [0.3, 0.4) is 0 Å². The van der Waals surface area contributed by atoms with Gasteiger partial charge in [0.05, 0.1) is 18.7 Å². The summed E-state index contributed by atoms with van der Waals surface area (Å²) in [5, 5.41) is 7.63. The largest absolute Gasteiger partial charge is 0.468 e. The summed E-state index contributed by atoms with van der Waals surface area (Å²) < 4.78 is 27.4. The van der Waals surface area contributed by atoms with Gasteiger partial charge in [-0.2, -0.15) is 5.10 Å². The van der Waals surface area contributed by atoms with Crippen LogP contribution in [0, 0.1) is 5.82 Å². The first-order chi connectivity index (χ1) is 19.1. The van der Waals surface area contributed by atoms with Gasteiger partial charge in [0.25, 0.3) is 0 Å². The summed E-state index contributed by atoms with van der Waals surface area (Å²) in [4.78, 5) is 24.9. The van der Waals surface area contributed by atoms with E-state index in [0.29, 0.717) is 32.3 Å². The zero-order chi connectivity index (χ0) is 28.6. The van der Waals surface area contributed by atoms with Gasteiger partial charge in [0.15, 0.2) is 0 Å². The average Bonchev–Trinajstić information content (AvgIpc) is 3.68. The smallest absolute Gasteiger partial charge is 0.413 e. The van der Waals surface area contributed by atoms with Crippen LogP contribution < -0.4 is 5.32 Å². The highest BCUT2D eigenvalue weighted by molar-refractivity contribution is 6.33. The van der Waals surface area contributed by atoms with Crippen molar-refractivity contribution in [3.63, 3.8) is 0 Å². The number of aromatic nitrogens is 2. The summed E-state index contributed by atoms with van der Waals surface area (Å²) in [7, 11) is 3.00. The van der Waals surface area contributed by atoms with Gasteiger partial charge in [0.1, 0.15) is 17.7 Å². The topological polar surface area (TPSA) is 82.5 Å². The van der Waals surface area contributed by atoms with Crippen molar-refractivity contribution >= 4 is 41.1 Å². The number of benzene rings is 3. The predicted octanol–water partition coefficient (Wildman–Crippen LogP) is 7.71. The van der Waals surface area contributed by atoms with Gasteiger partial charge in [-0.3, -0.25) is 14.8 Å². The Balaban J connectivity index is 1.38. The molecule has 0 unspecified atom stereocenters. The van der Waals surface area contributed by atoms with Gasteiger partial charge >= 0.3 is 12.1 Å². The number of halogens is 3. The third-order valence-corrected chi connectivity index (χ3v) is 7.86. The van der Waals surface area contributed by atoms with Crippen molar-refractivity contribution in [2.75, 3.05) is 12.4 Å². The molecule has 3 aromatic carbocycles. The molecule has 1 heterocycles. The molecule has 206 valence electrons. The molecule has 1 fully saturated rings. The summed E-state index contributed by atoms with van der Waals surface area (Å²) in [5.41, 5.74) is 2.60. The SMILES string of the molecule is COC(=O)C1(c2ccc(-c3cc(F)c(-c4cnn(C)c4NC(=O)O[C@H](C)c4ccccc4Cl)cc3Cl)cc2)CC1. The molecule has 10 heteroatoms. The van der Waals surface area contributed by atoms with Gasteiger partial charge in [-0.25, -0.2) is 9.18 Å². The van der Waals surface area contributed by atoms with Crippen LogP contribution in [-0.4, -0.2) is 29.0 Å². The fourth-order valence-electron chi connectivity index (χ4n) is 4.81.